The van der Waals surface area contributed by atoms with Crippen molar-refractivity contribution in [2.45, 2.75) is 71.4 Å². The monoisotopic (exact) mass is 328 g/mol. The molecule has 130 valence electrons. The highest BCUT2D eigenvalue weighted by atomic mass is 16.2. The lowest BCUT2D eigenvalue weighted by molar-refractivity contribution is 0.0673. The van der Waals surface area contributed by atoms with E-state index >= 15 is 0 Å². The van der Waals surface area contributed by atoms with E-state index in [-0.39, 0.29) is 5.91 Å². The fourth-order valence-electron chi connectivity index (χ4n) is 3.72. The maximum atomic E-state index is 13.0. The lowest BCUT2D eigenvalue weighted by Crippen LogP contribution is -2.40. The van der Waals surface area contributed by atoms with Gasteiger partial charge >= 0.3 is 0 Å². The van der Waals surface area contributed by atoms with E-state index in [1.165, 1.54) is 25.7 Å². The SMILES string of the molecule is CCN(C(=O)c1cnc2c(c1)ncn2C(C)C)C1CCCCCC1. The molecule has 0 atom stereocenters. The number of fused-ring (bicyclic) bond motifs is 1. The van der Waals surface area contributed by atoms with Crippen LogP contribution < -0.4 is 0 Å². The van der Waals surface area contributed by atoms with Crippen molar-refractivity contribution in [3.05, 3.63) is 24.2 Å². The molecule has 0 spiro atoms. The molecule has 5 heteroatoms. The van der Waals surface area contributed by atoms with Crippen LogP contribution in [0, 0.1) is 0 Å². The van der Waals surface area contributed by atoms with E-state index in [0.717, 1.165) is 30.6 Å². The minimum Gasteiger partial charge on any atom is -0.336 e. The van der Waals surface area contributed by atoms with Gasteiger partial charge in [-0.15, -0.1) is 0 Å². The van der Waals surface area contributed by atoms with Crippen molar-refractivity contribution in [1.82, 2.24) is 19.4 Å². The van der Waals surface area contributed by atoms with Crippen LogP contribution in [0.1, 0.15) is 75.7 Å². The van der Waals surface area contributed by atoms with Crippen LogP contribution >= 0.6 is 0 Å². The third-order valence-corrected chi connectivity index (χ3v) is 5.08. The molecular weight excluding hydrogens is 300 g/mol. The summed E-state index contributed by atoms with van der Waals surface area (Å²) in [6, 6.07) is 2.57. The molecule has 0 aliphatic heterocycles. The van der Waals surface area contributed by atoms with Crippen molar-refractivity contribution in [3.63, 3.8) is 0 Å². The first kappa shape index (κ1) is 16.9. The minimum atomic E-state index is 0.0953. The fourth-order valence-corrected chi connectivity index (χ4v) is 3.72. The highest BCUT2D eigenvalue weighted by Gasteiger charge is 2.25. The van der Waals surface area contributed by atoms with Gasteiger partial charge in [0.2, 0.25) is 0 Å². The van der Waals surface area contributed by atoms with Crippen LogP contribution in [0.15, 0.2) is 18.6 Å². The van der Waals surface area contributed by atoms with Gasteiger partial charge in [0.25, 0.3) is 5.91 Å². The summed E-state index contributed by atoms with van der Waals surface area (Å²) < 4.78 is 2.03. The van der Waals surface area contributed by atoms with Crippen molar-refractivity contribution < 1.29 is 4.79 Å². The van der Waals surface area contributed by atoms with Gasteiger partial charge in [-0.05, 0) is 39.7 Å². The summed E-state index contributed by atoms with van der Waals surface area (Å²) in [5.74, 6) is 0.0953. The molecule has 2 aromatic rings. The van der Waals surface area contributed by atoms with Gasteiger partial charge in [0.15, 0.2) is 5.65 Å². The molecule has 2 heterocycles. The Morgan fingerprint density at radius 3 is 2.58 bits per heavy atom. The molecule has 0 radical (unpaired) electrons. The maximum Gasteiger partial charge on any atom is 0.255 e. The Bertz CT molecular complexity index is 698. The summed E-state index contributed by atoms with van der Waals surface area (Å²) >= 11 is 0. The third kappa shape index (κ3) is 3.30. The number of aromatic nitrogens is 3. The average Bonchev–Trinajstić information content (AvgIpc) is 2.83. The van der Waals surface area contributed by atoms with Crippen LogP contribution in [0.25, 0.3) is 11.2 Å². The van der Waals surface area contributed by atoms with Gasteiger partial charge in [0.1, 0.15) is 5.52 Å². The first-order valence-electron chi connectivity index (χ1n) is 9.25. The van der Waals surface area contributed by atoms with Gasteiger partial charge in [-0.2, -0.15) is 0 Å². The fraction of sp³-hybridized carbons (Fsp3) is 0.632. The lowest BCUT2D eigenvalue weighted by Gasteiger charge is -2.30. The molecule has 5 nitrogen and oxygen atoms in total. The van der Waals surface area contributed by atoms with Crippen molar-refractivity contribution >= 4 is 17.1 Å². The average molecular weight is 328 g/mol. The van der Waals surface area contributed by atoms with E-state index in [4.69, 9.17) is 0 Å². The zero-order valence-corrected chi connectivity index (χ0v) is 15.0. The van der Waals surface area contributed by atoms with Crippen LogP contribution in [0.5, 0.6) is 0 Å². The van der Waals surface area contributed by atoms with Crippen LogP contribution in [0.4, 0.5) is 0 Å². The number of hydrogen-bond acceptors (Lipinski definition) is 3. The van der Waals surface area contributed by atoms with Gasteiger partial charge in [0, 0.05) is 24.8 Å². The molecule has 1 saturated carbocycles. The minimum absolute atomic E-state index is 0.0953. The Morgan fingerprint density at radius 1 is 1.25 bits per heavy atom. The summed E-state index contributed by atoms with van der Waals surface area (Å²) in [5.41, 5.74) is 2.30. The number of nitrogens with zero attached hydrogens (tertiary/aromatic N) is 4. The standard InChI is InChI=1S/C19H28N4O/c1-4-22(16-9-7-5-6-8-10-16)19(24)15-11-17-18(20-12-15)23(13-21-17)14(2)3/h11-14,16H,4-10H2,1-3H3. The van der Waals surface area contributed by atoms with Gasteiger partial charge in [0.05, 0.1) is 11.9 Å². The molecule has 0 bridgehead atoms. The van der Waals surface area contributed by atoms with Crippen molar-refractivity contribution in [2.24, 2.45) is 0 Å². The van der Waals surface area contributed by atoms with Gasteiger partial charge in [-0.25, -0.2) is 9.97 Å². The van der Waals surface area contributed by atoms with Crippen LogP contribution in [-0.2, 0) is 0 Å². The second-order valence-electron chi connectivity index (χ2n) is 7.05. The number of amides is 1. The Kier molecular flexibility index (Phi) is 5.17. The zero-order valence-electron chi connectivity index (χ0n) is 15.0. The number of pyridine rings is 1. The van der Waals surface area contributed by atoms with E-state index in [0.29, 0.717) is 17.6 Å². The molecule has 0 unspecified atom stereocenters. The number of carbonyl (C=O) groups excluding carboxylic acids is 1. The third-order valence-electron chi connectivity index (χ3n) is 5.08. The van der Waals surface area contributed by atoms with E-state index < -0.39 is 0 Å². The zero-order chi connectivity index (χ0) is 17.1. The summed E-state index contributed by atoms with van der Waals surface area (Å²) in [6.07, 6.45) is 10.8. The van der Waals surface area contributed by atoms with Gasteiger partial charge in [-0.1, -0.05) is 25.7 Å². The predicted octanol–water partition coefficient (Wildman–Crippen LogP) is 4.20. The summed E-state index contributed by atoms with van der Waals surface area (Å²) in [7, 11) is 0. The highest BCUT2D eigenvalue weighted by Crippen LogP contribution is 2.24. The smallest absolute Gasteiger partial charge is 0.255 e. The predicted molar refractivity (Wildman–Crippen MR) is 96.1 cm³/mol. The molecule has 3 rings (SSSR count). The highest BCUT2D eigenvalue weighted by molar-refractivity contribution is 5.96. The summed E-state index contributed by atoms with van der Waals surface area (Å²) in [5, 5.41) is 0. The molecule has 1 fully saturated rings. The summed E-state index contributed by atoms with van der Waals surface area (Å²) in [4.78, 5) is 24.0. The lowest BCUT2D eigenvalue weighted by atomic mass is 10.1. The second kappa shape index (κ2) is 7.32. The van der Waals surface area contributed by atoms with Crippen molar-refractivity contribution in [3.8, 4) is 0 Å². The normalized spacial score (nSPS) is 16.5. The van der Waals surface area contributed by atoms with Gasteiger partial charge < -0.3 is 9.47 Å². The molecular formula is C19H28N4O. The van der Waals surface area contributed by atoms with Crippen LogP contribution in [0.3, 0.4) is 0 Å². The molecule has 1 amide bonds. The van der Waals surface area contributed by atoms with Crippen molar-refractivity contribution in [2.75, 3.05) is 6.54 Å². The quantitative estimate of drug-likeness (QED) is 0.791. The molecule has 1 aliphatic rings. The first-order valence-corrected chi connectivity index (χ1v) is 9.25. The van der Waals surface area contributed by atoms with E-state index in [9.17, 15) is 4.79 Å². The number of carbonyl (C=O) groups is 1. The van der Waals surface area contributed by atoms with E-state index in [2.05, 4.69) is 30.7 Å². The Morgan fingerprint density at radius 2 is 1.96 bits per heavy atom. The molecule has 0 saturated heterocycles. The molecule has 0 N–H and O–H groups in total. The number of imidazole rings is 1. The van der Waals surface area contributed by atoms with Gasteiger partial charge in [-0.3, -0.25) is 4.79 Å². The Balaban J connectivity index is 1.86. The largest absolute Gasteiger partial charge is 0.336 e. The summed E-state index contributed by atoms with van der Waals surface area (Å²) in [6.45, 7) is 7.03. The van der Waals surface area contributed by atoms with E-state index in [1.807, 2.05) is 15.5 Å². The first-order chi connectivity index (χ1) is 11.6. The van der Waals surface area contributed by atoms with Crippen molar-refractivity contribution in [1.29, 1.82) is 0 Å². The Hall–Kier alpha value is -1.91. The van der Waals surface area contributed by atoms with Crippen LogP contribution in [-0.4, -0.2) is 37.9 Å². The molecule has 2 aromatic heterocycles. The number of hydrogen-bond donors (Lipinski definition) is 0. The maximum absolute atomic E-state index is 13.0. The molecule has 0 aromatic carbocycles. The molecule has 24 heavy (non-hydrogen) atoms. The molecule has 1 aliphatic carbocycles. The second-order valence-corrected chi connectivity index (χ2v) is 7.05. The van der Waals surface area contributed by atoms with E-state index in [1.54, 1.807) is 12.5 Å². The number of rotatable bonds is 4. The Labute approximate surface area is 144 Å². The topological polar surface area (TPSA) is 51.0 Å². The van der Waals surface area contributed by atoms with Crippen LogP contribution in [0.2, 0.25) is 0 Å².